The predicted molar refractivity (Wildman–Crippen MR) is 68.4 cm³/mol. The van der Waals surface area contributed by atoms with E-state index in [4.69, 9.17) is 11.6 Å². The smallest absolute Gasteiger partial charge is 0.364 e. The highest BCUT2D eigenvalue weighted by atomic mass is 35.5. The maximum atomic E-state index is 12.6. The largest absolute Gasteiger partial charge is 0.416 e. The molecule has 1 N–H and O–H groups in total. The Kier molecular flexibility index (Phi) is 3.96. The lowest BCUT2D eigenvalue weighted by Gasteiger charge is -2.10. The molecule has 0 unspecified atom stereocenters. The summed E-state index contributed by atoms with van der Waals surface area (Å²) in [6, 6.07) is 1.71. The van der Waals surface area contributed by atoms with Crippen molar-refractivity contribution in [3.63, 3.8) is 0 Å². The van der Waals surface area contributed by atoms with Gasteiger partial charge in [-0.25, -0.2) is 9.97 Å². The first-order valence-electron chi connectivity index (χ1n) is 5.24. The number of aromatic nitrogens is 2. The normalized spacial score (nSPS) is 11.6. The minimum atomic E-state index is -4.44. The summed E-state index contributed by atoms with van der Waals surface area (Å²) < 4.78 is 37.8. The number of hydrogen-bond donors (Lipinski definition) is 1. The van der Waals surface area contributed by atoms with Gasteiger partial charge >= 0.3 is 6.18 Å². The number of nitrogens with one attached hydrogen (secondary N) is 1. The molecule has 0 saturated carbocycles. The zero-order valence-electron chi connectivity index (χ0n) is 9.75. The molecule has 0 aromatic carbocycles. The van der Waals surface area contributed by atoms with Gasteiger partial charge in [-0.3, -0.25) is 0 Å². The average molecular weight is 308 g/mol. The Morgan fingerprint density at radius 2 is 2.05 bits per heavy atom. The fourth-order valence-corrected chi connectivity index (χ4v) is 2.24. The van der Waals surface area contributed by atoms with Crippen molar-refractivity contribution >= 4 is 28.8 Å². The highest BCUT2D eigenvalue weighted by Gasteiger charge is 2.31. The minimum absolute atomic E-state index is 0.0745. The van der Waals surface area contributed by atoms with Crippen LogP contribution in [0.25, 0.3) is 0 Å². The molecule has 2 aromatic heterocycles. The molecule has 3 nitrogen and oxygen atoms in total. The van der Waals surface area contributed by atoms with E-state index in [9.17, 15) is 13.2 Å². The Morgan fingerprint density at radius 1 is 1.32 bits per heavy atom. The maximum Gasteiger partial charge on any atom is 0.416 e. The second-order valence-corrected chi connectivity index (χ2v) is 5.22. The summed E-state index contributed by atoms with van der Waals surface area (Å²) in [6.07, 6.45) is -4.44. The number of alkyl halides is 3. The first-order valence-corrected chi connectivity index (χ1v) is 6.50. The standard InChI is InChI=1S/C11H9ClF3N3S/c1-6-17-8(5-19-6)4-16-10-3-7(11(13,14)15)2-9(12)18-10/h2-3,5H,4H2,1H3,(H,16,18). The molecule has 0 saturated heterocycles. The zero-order chi connectivity index (χ0) is 14.0. The number of nitrogens with zero attached hydrogens (tertiary/aromatic N) is 2. The van der Waals surface area contributed by atoms with Crippen molar-refractivity contribution in [1.82, 2.24) is 9.97 Å². The lowest BCUT2D eigenvalue weighted by Crippen LogP contribution is -2.08. The van der Waals surface area contributed by atoms with Crippen LogP contribution in [0.15, 0.2) is 17.5 Å². The Labute approximate surface area is 116 Å². The number of pyridine rings is 1. The lowest BCUT2D eigenvalue weighted by molar-refractivity contribution is -0.137. The third-order valence-corrected chi connectivity index (χ3v) is 3.25. The number of hydrogen-bond acceptors (Lipinski definition) is 4. The molecule has 0 aliphatic carbocycles. The Hall–Kier alpha value is -1.34. The molecular formula is C11H9ClF3N3S. The van der Waals surface area contributed by atoms with Crippen LogP contribution in [0.3, 0.4) is 0 Å². The van der Waals surface area contributed by atoms with Gasteiger partial charge in [0.2, 0.25) is 0 Å². The third kappa shape index (κ3) is 3.81. The molecule has 0 aliphatic rings. The molecular weight excluding hydrogens is 299 g/mol. The summed E-state index contributed by atoms with van der Waals surface area (Å²) >= 11 is 7.05. The van der Waals surface area contributed by atoms with Crippen molar-refractivity contribution in [3.05, 3.63) is 38.9 Å². The summed E-state index contributed by atoms with van der Waals surface area (Å²) in [4.78, 5) is 7.99. The van der Waals surface area contributed by atoms with Crippen molar-refractivity contribution in [2.75, 3.05) is 5.32 Å². The van der Waals surface area contributed by atoms with Crippen LogP contribution in [0.5, 0.6) is 0 Å². The number of halogens is 4. The van der Waals surface area contributed by atoms with E-state index in [0.29, 0.717) is 6.54 Å². The highest BCUT2D eigenvalue weighted by Crippen LogP contribution is 2.32. The minimum Gasteiger partial charge on any atom is -0.364 e. The first-order chi connectivity index (χ1) is 8.84. The Balaban J connectivity index is 2.14. The van der Waals surface area contributed by atoms with Crippen molar-refractivity contribution in [2.45, 2.75) is 19.6 Å². The van der Waals surface area contributed by atoms with E-state index in [1.165, 1.54) is 11.3 Å². The molecule has 0 spiro atoms. The topological polar surface area (TPSA) is 37.8 Å². The van der Waals surface area contributed by atoms with Crippen LogP contribution in [-0.4, -0.2) is 9.97 Å². The number of thiazole rings is 1. The van der Waals surface area contributed by atoms with Crippen LogP contribution >= 0.6 is 22.9 Å². The van der Waals surface area contributed by atoms with Crippen molar-refractivity contribution in [2.24, 2.45) is 0 Å². The number of aryl methyl sites for hydroxylation is 1. The Bertz CT molecular complexity index is 583. The summed E-state index contributed by atoms with van der Waals surface area (Å²) in [7, 11) is 0. The molecule has 19 heavy (non-hydrogen) atoms. The van der Waals surface area contributed by atoms with Gasteiger partial charge in [0.1, 0.15) is 11.0 Å². The monoisotopic (exact) mass is 307 g/mol. The number of anilines is 1. The van der Waals surface area contributed by atoms with Crippen LogP contribution in [0.1, 0.15) is 16.3 Å². The van der Waals surface area contributed by atoms with Gasteiger partial charge < -0.3 is 5.32 Å². The van der Waals surface area contributed by atoms with E-state index in [0.717, 1.165) is 22.8 Å². The predicted octanol–water partition coefficient (Wildman–Crippen LogP) is 4.13. The second-order valence-electron chi connectivity index (χ2n) is 3.77. The summed E-state index contributed by atoms with van der Waals surface area (Å²) in [5.41, 5.74) is -0.0812. The first kappa shape index (κ1) is 14.1. The lowest BCUT2D eigenvalue weighted by atomic mass is 10.2. The quantitative estimate of drug-likeness (QED) is 0.866. The summed E-state index contributed by atoms with van der Waals surface area (Å²) in [5, 5.41) is 5.30. The fourth-order valence-electron chi connectivity index (χ4n) is 1.42. The van der Waals surface area contributed by atoms with Gasteiger partial charge in [-0.05, 0) is 19.1 Å². The van der Waals surface area contributed by atoms with Gasteiger partial charge in [-0.15, -0.1) is 11.3 Å². The molecule has 0 amide bonds. The van der Waals surface area contributed by atoms with Crippen LogP contribution in [-0.2, 0) is 12.7 Å². The van der Waals surface area contributed by atoms with Gasteiger partial charge in [-0.2, -0.15) is 13.2 Å². The van der Waals surface area contributed by atoms with E-state index in [1.807, 2.05) is 12.3 Å². The molecule has 0 fully saturated rings. The maximum absolute atomic E-state index is 12.6. The van der Waals surface area contributed by atoms with Crippen LogP contribution in [0.4, 0.5) is 19.0 Å². The highest BCUT2D eigenvalue weighted by molar-refractivity contribution is 7.09. The Morgan fingerprint density at radius 3 is 2.63 bits per heavy atom. The molecule has 0 radical (unpaired) electrons. The van der Waals surface area contributed by atoms with Crippen molar-refractivity contribution in [1.29, 1.82) is 0 Å². The van der Waals surface area contributed by atoms with Gasteiger partial charge in [0, 0.05) is 5.38 Å². The number of rotatable bonds is 3. The van der Waals surface area contributed by atoms with E-state index in [-0.39, 0.29) is 11.0 Å². The molecule has 0 bridgehead atoms. The van der Waals surface area contributed by atoms with Gasteiger partial charge in [0.05, 0.1) is 22.8 Å². The third-order valence-electron chi connectivity index (χ3n) is 2.24. The van der Waals surface area contributed by atoms with E-state index < -0.39 is 11.7 Å². The fraction of sp³-hybridized carbons (Fsp3) is 0.273. The molecule has 0 atom stereocenters. The van der Waals surface area contributed by atoms with Gasteiger partial charge in [0.15, 0.2) is 0 Å². The molecule has 2 aromatic rings. The van der Waals surface area contributed by atoms with Crippen LogP contribution < -0.4 is 5.32 Å². The van der Waals surface area contributed by atoms with Crippen LogP contribution in [0.2, 0.25) is 5.15 Å². The second kappa shape index (κ2) is 5.34. The van der Waals surface area contributed by atoms with E-state index in [2.05, 4.69) is 15.3 Å². The van der Waals surface area contributed by atoms with Crippen molar-refractivity contribution in [3.8, 4) is 0 Å². The summed E-state index contributed by atoms with van der Waals surface area (Å²) in [6.45, 7) is 2.16. The van der Waals surface area contributed by atoms with Gasteiger partial charge in [0.25, 0.3) is 0 Å². The molecule has 102 valence electrons. The molecule has 8 heteroatoms. The summed E-state index contributed by atoms with van der Waals surface area (Å²) in [5.74, 6) is 0.0745. The zero-order valence-corrected chi connectivity index (χ0v) is 11.3. The molecule has 2 rings (SSSR count). The van der Waals surface area contributed by atoms with Gasteiger partial charge in [-0.1, -0.05) is 11.6 Å². The van der Waals surface area contributed by atoms with E-state index in [1.54, 1.807) is 0 Å². The molecule has 0 aliphatic heterocycles. The van der Waals surface area contributed by atoms with Crippen LogP contribution in [0, 0.1) is 6.92 Å². The average Bonchev–Trinajstić information content (AvgIpc) is 2.71. The molecule has 2 heterocycles. The SMILES string of the molecule is Cc1nc(CNc2cc(C(F)(F)F)cc(Cl)n2)cs1. The van der Waals surface area contributed by atoms with E-state index >= 15 is 0 Å². The van der Waals surface area contributed by atoms with Crippen molar-refractivity contribution < 1.29 is 13.2 Å².